The number of rotatable bonds is 7. The first kappa shape index (κ1) is 20.5. The van der Waals surface area contributed by atoms with Gasteiger partial charge in [-0.1, -0.05) is 24.3 Å². The third-order valence-electron chi connectivity index (χ3n) is 4.83. The van der Waals surface area contributed by atoms with E-state index < -0.39 is 23.7 Å². The Balaban J connectivity index is 1.41. The zero-order valence-corrected chi connectivity index (χ0v) is 16.2. The number of nitrogens with one attached hydrogen (secondary N) is 2. The maximum Gasteiger partial charge on any atom is 0.279 e. The third kappa shape index (κ3) is 5.40. The predicted octanol–water partition coefficient (Wildman–Crippen LogP) is 2.89. The quantitative estimate of drug-likeness (QED) is 0.555. The van der Waals surface area contributed by atoms with Crippen molar-refractivity contribution in [2.45, 2.75) is 45.1 Å². The molecule has 3 rings (SSSR count). The van der Waals surface area contributed by atoms with E-state index in [1.54, 1.807) is 12.1 Å². The van der Waals surface area contributed by atoms with Crippen molar-refractivity contribution >= 4 is 17.6 Å². The number of carbonyl (C=O) groups excluding carboxylic acids is 3. The van der Waals surface area contributed by atoms with Crippen molar-refractivity contribution in [1.29, 1.82) is 0 Å². The summed E-state index contributed by atoms with van der Waals surface area (Å²) in [5.41, 5.74) is 7.57. The Kier molecular flexibility index (Phi) is 6.59. The summed E-state index contributed by atoms with van der Waals surface area (Å²) in [5, 5.41) is 0. The monoisotopic (exact) mass is 398 g/mol. The molecule has 0 spiro atoms. The first-order valence-electron chi connectivity index (χ1n) is 9.59. The number of fused-ring (bicyclic) bond motifs is 1. The molecule has 0 fully saturated rings. The second-order valence-corrected chi connectivity index (χ2v) is 6.99. The molecule has 6 nitrogen and oxygen atoms in total. The van der Waals surface area contributed by atoms with Crippen LogP contribution in [-0.2, 0) is 22.4 Å². The van der Waals surface area contributed by atoms with Crippen LogP contribution in [0.3, 0.4) is 0 Å². The van der Waals surface area contributed by atoms with Crippen molar-refractivity contribution in [3.63, 3.8) is 0 Å². The normalized spacial score (nSPS) is 13.3. The SMILES string of the molecule is CC(Oc1ccccc1F)C(=O)NNC(=O)CCC(=O)c1ccc2c(c1)CCC2. The number of aryl methyl sites for hydroxylation is 2. The van der Waals surface area contributed by atoms with E-state index >= 15 is 0 Å². The zero-order chi connectivity index (χ0) is 20.8. The average Bonchev–Trinajstić information content (AvgIpc) is 3.19. The van der Waals surface area contributed by atoms with Crippen molar-refractivity contribution < 1.29 is 23.5 Å². The Morgan fingerprint density at radius 1 is 1.03 bits per heavy atom. The number of para-hydroxylation sites is 1. The van der Waals surface area contributed by atoms with Gasteiger partial charge in [0, 0.05) is 18.4 Å². The summed E-state index contributed by atoms with van der Waals surface area (Å²) in [6.07, 6.45) is 2.11. The minimum atomic E-state index is -1.01. The maximum absolute atomic E-state index is 13.6. The van der Waals surface area contributed by atoms with Crippen LogP contribution in [-0.4, -0.2) is 23.7 Å². The van der Waals surface area contributed by atoms with E-state index in [0.717, 1.165) is 19.3 Å². The summed E-state index contributed by atoms with van der Waals surface area (Å²) in [5.74, 6) is -1.88. The lowest BCUT2D eigenvalue weighted by molar-refractivity contribution is -0.132. The highest BCUT2D eigenvalue weighted by molar-refractivity contribution is 5.98. The van der Waals surface area contributed by atoms with Gasteiger partial charge < -0.3 is 4.74 Å². The highest BCUT2D eigenvalue weighted by Crippen LogP contribution is 2.23. The van der Waals surface area contributed by atoms with Gasteiger partial charge in [0.1, 0.15) is 0 Å². The van der Waals surface area contributed by atoms with Crippen molar-refractivity contribution in [2.75, 3.05) is 0 Å². The second kappa shape index (κ2) is 9.32. The number of hydrogen-bond donors (Lipinski definition) is 2. The molecule has 7 heteroatoms. The van der Waals surface area contributed by atoms with E-state index in [1.807, 2.05) is 12.1 Å². The minimum Gasteiger partial charge on any atom is -0.478 e. The van der Waals surface area contributed by atoms with E-state index in [-0.39, 0.29) is 24.4 Å². The standard InChI is InChI=1S/C22H23FN2O4/c1-14(29-20-8-3-2-7-18(20)23)22(28)25-24-21(27)12-11-19(26)17-10-9-15-5-4-6-16(15)13-17/h2-3,7-10,13-14H,4-6,11-12H2,1H3,(H,24,27)(H,25,28). The highest BCUT2D eigenvalue weighted by atomic mass is 19.1. The van der Waals surface area contributed by atoms with E-state index in [0.29, 0.717) is 5.56 Å². The van der Waals surface area contributed by atoms with E-state index in [9.17, 15) is 18.8 Å². The maximum atomic E-state index is 13.6. The smallest absolute Gasteiger partial charge is 0.279 e. The lowest BCUT2D eigenvalue weighted by Gasteiger charge is -2.15. The number of carbonyl (C=O) groups is 3. The van der Waals surface area contributed by atoms with Gasteiger partial charge in [0.05, 0.1) is 0 Å². The Hall–Kier alpha value is -3.22. The summed E-state index contributed by atoms with van der Waals surface area (Å²) < 4.78 is 18.8. The Labute approximate surface area is 168 Å². The molecule has 0 heterocycles. The van der Waals surface area contributed by atoms with Crippen molar-refractivity contribution in [2.24, 2.45) is 0 Å². The van der Waals surface area contributed by atoms with Crippen LogP contribution in [0.25, 0.3) is 0 Å². The van der Waals surface area contributed by atoms with E-state index in [1.165, 1.54) is 36.2 Å². The van der Waals surface area contributed by atoms with Crippen molar-refractivity contribution in [3.05, 3.63) is 65.0 Å². The van der Waals surface area contributed by atoms with Gasteiger partial charge in [0.25, 0.3) is 5.91 Å². The molecule has 29 heavy (non-hydrogen) atoms. The van der Waals surface area contributed by atoms with Crippen molar-refractivity contribution in [1.82, 2.24) is 10.9 Å². The number of ketones is 1. The first-order chi connectivity index (χ1) is 13.9. The fraction of sp³-hybridized carbons (Fsp3) is 0.318. The second-order valence-electron chi connectivity index (χ2n) is 6.99. The number of hydrogen-bond acceptors (Lipinski definition) is 4. The molecule has 2 aromatic rings. The fourth-order valence-corrected chi connectivity index (χ4v) is 3.20. The first-order valence-corrected chi connectivity index (χ1v) is 9.59. The van der Waals surface area contributed by atoms with Crippen LogP contribution in [0.1, 0.15) is 47.7 Å². The van der Waals surface area contributed by atoms with Crippen LogP contribution in [0, 0.1) is 5.82 Å². The van der Waals surface area contributed by atoms with Crippen LogP contribution in [0.15, 0.2) is 42.5 Å². The van der Waals surface area contributed by atoms with Gasteiger partial charge in [0.2, 0.25) is 5.91 Å². The molecule has 2 N–H and O–H groups in total. The summed E-state index contributed by atoms with van der Waals surface area (Å²) in [6, 6.07) is 11.4. The topological polar surface area (TPSA) is 84.5 Å². The summed E-state index contributed by atoms with van der Waals surface area (Å²) in [6.45, 7) is 1.44. The van der Waals surface area contributed by atoms with E-state index in [4.69, 9.17) is 4.74 Å². The number of benzene rings is 2. The molecule has 2 aromatic carbocycles. The number of hydrazine groups is 1. The molecule has 0 aromatic heterocycles. The molecular weight excluding hydrogens is 375 g/mol. The summed E-state index contributed by atoms with van der Waals surface area (Å²) >= 11 is 0. The lowest BCUT2D eigenvalue weighted by atomic mass is 10.0. The van der Waals surface area contributed by atoms with Crippen LogP contribution in [0.5, 0.6) is 5.75 Å². The van der Waals surface area contributed by atoms with Crippen LogP contribution < -0.4 is 15.6 Å². The molecule has 0 saturated carbocycles. The molecular formula is C22H23FN2O4. The predicted molar refractivity (Wildman–Crippen MR) is 105 cm³/mol. The number of Topliss-reactive ketones (excluding diaryl/α,β-unsaturated/α-hetero) is 1. The molecule has 1 aliphatic rings. The van der Waals surface area contributed by atoms with E-state index in [2.05, 4.69) is 10.9 Å². The molecule has 1 aliphatic carbocycles. The third-order valence-corrected chi connectivity index (χ3v) is 4.83. The van der Waals surface area contributed by atoms with Gasteiger partial charge in [-0.2, -0.15) is 0 Å². The van der Waals surface area contributed by atoms with Gasteiger partial charge >= 0.3 is 0 Å². The number of ether oxygens (including phenoxy) is 1. The van der Waals surface area contributed by atoms with Gasteiger partial charge in [0.15, 0.2) is 23.5 Å². The Bertz CT molecular complexity index is 929. The molecule has 0 saturated heterocycles. The van der Waals surface area contributed by atoms with Crippen molar-refractivity contribution in [3.8, 4) is 5.75 Å². The molecule has 152 valence electrons. The Morgan fingerprint density at radius 2 is 1.79 bits per heavy atom. The molecule has 2 amide bonds. The number of amides is 2. The lowest BCUT2D eigenvalue weighted by Crippen LogP contribution is -2.47. The molecule has 0 bridgehead atoms. The largest absolute Gasteiger partial charge is 0.478 e. The molecule has 0 radical (unpaired) electrons. The van der Waals surface area contributed by atoms with Crippen LogP contribution in [0.4, 0.5) is 4.39 Å². The summed E-state index contributed by atoms with van der Waals surface area (Å²) in [4.78, 5) is 36.2. The average molecular weight is 398 g/mol. The van der Waals surface area contributed by atoms with Crippen LogP contribution >= 0.6 is 0 Å². The highest BCUT2D eigenvalue weighted by Gasteiger charge is 2.18. The molecule has 1 unspecified atom stereocenters. The van der Waals surface area contributed by atoms with Crippen LogP contribution in [0.2, 0.25) is 0 Å². The van der Waals surface area contributed by atoms with Gasteiger partial charge in [-0.05, 0) is 55.5 Å². The fourth-order valence-electron chi connectivity index (χ4n) is 3.20. The molecule has 0 aliphatic heterocycles. The minimum absolute atomic E-state index is 0.0434. The van der Waals surface area contributed by atoms with Gasteiger partial charge in [-0.15, -0.1) is 0 Å². The van der Waals surface area contributed by atoms with Gasteiger partial charge in [-0.25, -0.2) is 4.39 Å². The summed E-state index contributed by atoms with van der Waals surface area (Å²) in [7, 11) is 0. The van der Waals surface area contributed by atoms with Gasteiger partial charge in [-0.3, -0.25) is 25.2 Å². The number of halogens is 1. The zero-order valence-electron chi connectivity index (χ0n) is 16.2. The Morgan fingerprint density at radius 3 is 2.59 bits per heavy atom. The molecule has 1 atom stereocenters.